The van der Waals surface area contributed by atoms with E-state index in [2.05, 4.69) is 10.2 Å². The molecule has 100 valence electrons. The first-order chi connectivity index (χ1) is 9.10. The third-order valence-electron chi connectivity index (χ3n) is 2.50. The highest BCUT2D eigenvalue weighted by molar-refractivity contribution is 5.70. The number of halogens is 1. The van der Waals surface area contributed by atoms with E-state index in [0.717, 1.165) is 0 Å². The van der Waals surface area contributed by atoms with Crippen LogP contribution < -0.4 is 4.74 Å². The van der Waals surface area contributed by atoms with Gasteiger partial charge in [-0.15, -0.1) is 0 Å². The minimum Gasteiger partial charge on any atom is -0.491 e. The van der Waals surface area contributed by atoms with E-state index in [9.17, 15) is 9.18 Å². The number of H-pyrrole nitrogens is 1. The number of nitrogens with zero attached hydrogens (tertiary/aromatic N) is 1. The second kappa shape index (κ2) is 5.51. The number of rotatable bonds is 5. The van der Waals surface area contributed by atoms with Crippen molar-refractivity contribution in [3.63, 3.8) is 0 Å². The van der Waals surface area contributed by atoms with Crippen LogP contribution >= 0.6 is 0 Å². The Morgan fingerprint density at radius 1 is 1.47 bits per heavy atom. The number of aliphatic carboxylic acids is 1. The summed E-state index contributed by atoms with van der Waals surface area (Å²) in [4.78, 5) is 10.6. The average molecular weight is 264 g/mol. The normalized spacial score (nSPS) is 10.4. The van der Waals surface area contributed by atoms with Crippen LogP contribution in [0.2, 0.25) is 0 Å². The first-order valence-corrected chi connectivity index (χ1v) is 5.79. The Hall–Kier alpha value is -2.37. The molecule has 0 amide bonds. The lowest BCUT2D eigenvalue weighted by molar-refractivity contribution is -0.136. The Morgan fingerprint density at radius 2 is 2.26 bits per heavy atom. The van der Waals surface area contributed by atoms with Gasteiger partial charge in [0.05, 0.1) is 18.7 Å². The van der Waals surface area contributed by atoms with E-state index in [-0.39, 0.29) is 12.2 Å². The molecule has 19 heavy (non-hydrogen) atoms. The number of carboxylic acid groups (broad SMARTS) is 1. The van der Waals surface area contributed by atoms with Gasteiger partial charge in [0, 0.05) is 11.3 Å². The van der Waals surface area contributed by atoms with Gasteiger partial charge in [-0.25, -0.2) is 4.39 Å². The summed E-state index contributed by atoms with van der Waals surface area (Å²) in [7, 11) is 0. The van der Waals surface area contributed by atoms with E-state index in [4.69, 9.17) is 9.84 Å². The van der Waals surface area contributed by atoms with Gasteiger partial charge >= 0.3 is 5.97 Å². The van der Waals surface area contributed by atoms with Crippen molar-refractivity contribution in [2.75, 3.05) is 6.61 Å². The van der Waals surface area contributed by atoms with Gasteiger partial charge in [-0.05, 0) is 31.2 Å². The molecule has 5 nitrogen and oxygen atoms in total. The van der Waals surface area contributed by atoms with Crippen molar-refractivity contribution >= 4 is 5.97 Å². The van der Waals surface area contributed by atoms with E-state index >= 15 is 0 Å². The van der Waals surface area contributed by atoms with E-state index in [0.29, 0.717) is 23.6 Å². The molecule has 2 N–H and O–H groups in total. The number of benzene rings is 1. The van der Waals surface area contributed by atoms with Crippen molar-refractivity contribution < 1.29 is 19.0 Å². The quantitative estimate of drug-likeness (QED) is 0.868. The van der Waals surface area contributed by atoms with Gasteiger partial charge in [0.2, 0.25) is 0 Å². The lowest BCUT2D eigenvalue weighted by atomic mass is 10.1. The van der Waals surface area contributed by atoms with Crippen molar-refractivity contribution in [1.82, 2.24) is 10.2 Å². The van der Waals surface area contributed by atoms with Gasteiger partial charge < -0.3 is 9.84 Å². The molecule has 0 atom stereocenters. The molecule has 0 aliphatic heterocycles. The van der Waals surface area contributed by atoms with Crippen LogP contribution in [0.15, 0.2) is 24.3 Å². The summed E-state index contributed by atoms with van der Waals surface area (Å²) in [5, 5.41) is 15.2. The van der Waals surface area contributed by atoms with Crippen LogP contribution in [0.3, 0.4) is 0 Å². The van der Waals surface area contributed by atoms with Crippen molar-refractivity contribution in [2.24, 2.45) is 0 Å². The molecule has 0 saturated heterocycles. The van der Waals surface area contributed by atoms with E-state index in [1.165, 1.54) is 12.1 Å². The van der Waals surface area contributed by atoms with Crippen molar-refractivity contribution in [2.45, 2.75) is 13.3 Å². The molecule has 0 aliphatic carbocycles. The largest absolute Gasteiger partial charge is 0.491 e. The zero-order chi connectivity index (χ0) is 13.8. The first-order valence-electron chi connectivity index (χ1n) is 5.79. The number of hydrogen-bond donors (Lipinski definition) is 2. The minimum atomic E-state index is -0.951. The smallest absolute Gasteiger partial charge is 0.309 e. The SMILES string of the molecule is CCOc1ccc(-c2cc(CC(=O)O)[nH]n2)cc1F. The van der Waals surface area contributed by atoms with Crippen LogP contribution in [0.25, 0.3) is 11.3 Å². The van der Waals surface area contributed by atoms with Gasteiger partial charge in [0.15, 0.2) is 11.6 Å². The number of hydrogen-bond acceptors (Lipinski definition) is 3. The van der Waals surface area contributed by atoms with Crippen LogP contribution in [0.4, 0.5) is 4.39 Å². The maximum Gasteiger partial charge on any atom is 0.309 e. The summed E-state index contributed by atoms with van der Waals surface area (Å²) in [5.74, 6) is -1.23. The minimum absolute atomic E-state index is 0.146. The van der Waals surface area contributed by atoms with Gasteiger partial charge in [-0.1, -0.05) is 0 Å². The van der Waals surface area contributed by atoms with Crippen LogP contribution in [-0.2, 0) is 11.2 Å². The lowest BCUT2D eigenvalue weighted by Crippen LogP contribution is -1.99. The summed E-state index contributed by atoms with van der Waals surface area (Å²) in [6, 6.07) is 6.10. The number of aromatic nitrogens is 2. The molecule has 6 heteroatoms. The summed E-state index contributed by atoms with van der Waals surface area (Å²) >= 11 is 0. The van der Waals surface area contributed by atoms with Crippen LogP contribution in [0.1, 0.15) is 12.6 Å². The molecule has 1 heterocycles. The number of nitrogens with one attached hydrogen (secondary N) is 1. The topological polar surface area (TPSA) is 75.2 Å². The molecule has 1 aromatic heterocycles. The van der Waals surface area contributed by atoms with Crippen LogP contribution in [0, 0.1) is 5.82 Å². The summed E-state index contributed by atoms with van der Waals surface area (Å²) < 4.78 is 18.8. The van der Waals surface area contributed by atoms with Gasteiger partial charge in [-0.2, -0.15) is 5.10 Å². The van der Waals surface area contributed by atoms with Crippen molar-refractivity contribution in [3.8, 4) is 17.0 Å². The maximum absolute atomic E-state index is 13.7. The monoisotopic (exact) mass is 264 g/mol. The molecule has 2 rings (SSSR count). The lowest BCUT2D eigenvalue weighted by Gasteiger charge is -2.05. The summed E-state index contributed by atoms with van der Waals surface area (Å²) in [5.41, 5.74) is 1.53. The Labute approximate surface area is 109 Å². The second-order valence-electron chi connectivity index (χ2n) is 3.93. The molecule has 0 unspecified atom stereocenters. The third-order valence-corrected chi connectivity index (χ3v) is 2.50. The molecule has 0 saturated carbocycles. The fourth-order valence-electron chi connectivity index (χ4n) is 1.70. The number of carboxylic acids is 1. The van der Waals surface area contributed by atoms with Gasteiger partial charge in [0.1, 0.15) is 0 Å². The zero-order valence-electron chi connectivity index (χ0n) is 10.3. The Morgan fingerprint density at radius 3 is 2.89 bits per heavy atom. The van der Waals surface area contributed by atoms with E-state index < -0.39 is 11.8 Å². The molecule has 1 aromatic carbocycles. The number of carbonyl (C=O) groups is 1. The number of aromatic amines is 1. The highest BCUT2D eigenvalue weighted by atomic mass is 19.1. The van der Waals surface area contributed by atoms with Crippen LogP contribution in [-0.4, -0.2) is 27.9 Å². The second-order valence-corrected chi connectivity index (χ2v) is 3.93. The van der Waals surface area contributed by atoms with Gasteiger partial charge in [-0.3, -0.25) is 9.89 Å². The highest BCUT2D eigenvalue weighted by Gasteiger charge is 2.10. The molecule has 0 bridgehead atoms. The molecule has 0 aliphatic rings. The standard InChI is InChI=1S/C13H13FN2O3/c1-2-19-12-4-3-8(5-10(12)14)11-6-9(15-16-11)7-13(17)18/h3-6H,2,7H2,1H3,(H,15,16)(H,17,18). The Kier molecular flexibility index (Phi) is 3.79. The first kappa shape index (κ1) is 13.1. The molecule has 0 fully saturated rings. The summed E-state index contributed by atoms with van der Waals surface area (Å²) in [6.45, 7) is 2.17. The molecular formula is C13H13FN2O3. The predicted octanol–water partition coefficient (Wildman–Crippen LogP) is 2.24. The van der Waals surface area contributed by atoms with Crippen LogP contribution in [0.5, 0.6) is 5.75 Å². The fraction of sp³-hybridized carbons (Fsp3) is 0.231. The maximum atomic E-state index is 13.7. The predicted molar refractivity (Wildman–Crippen MR) is 66.5 cm³/mol. The Balaban J connectivity index is 2.24. The molecular weight excluding hydrogens is 251 g/mol. The molecule has 2 aromatic rings. The fourth-order valence-corrected chi connectivity index (χ4v) is 1.70. The average Bonchev–Trinajstić information content (AvgIpc) is 2.79. The molecule has 0 radical (unpaired) electrons. The highest BCUT2D eigenvalue weighted by Crippen LogP contribution is 2.24. The Bertz CT molecular complexity index is 595. The van der Waals surface area contributed by atoms with Crippen molar-refractivity contribution in [1.29, 1.82) is 0 Å². The third kappa shape index (κ3) is 3.09. The molecule has 0 spiro atoms. The van der Waals surface area contributed by atoms with E-state index in [1.807, 2.05) is 0 Å². The number of ether oxygens (including phenoxy) is 1. The van der Waals surface area contributed by atoms with Crippen molar-refractivity contribution in [3.05, 3.63) is 35.8 Å². The summed E-state index contributed by atoms with van der Waals surface area (Å²) in [6.07, 6.45) is -0.146. The van der Waals surface area contributed by atoms with E-state index in [1.54, 1.807) is 19.1 Å². The zero-order valence-corrected chi connectivity index (χ0v) is 10.3. The van der Waals surface area contributed by atoms with Gasteiger partial charge in [0.25, 0.3) is 0 Å².